The van der Waals surface area contributed by atoms with E-state index in [2.05, 4.69) is 43.6 Å². The molecule has 3 nitrogen and oxygen atoms in total. The van der Waals surface area contributed by atoms with E-state index in [1.165, 1.54) is 24.0 Å². The molecule has 2 N–H and O–H groups in total. The van der Waals surface area contributed by atoms with Crippen LogP contribution >= 0.6 is 15.9 Å². The Morgan fingerprint density at radius 3 is 2.76 bits per heavy atom. The van der Waals surface area contributed by atoms with Gasteiger partial charge in [-0.05, 0) is 30.5 Å². The summed E-state index contributed by atoms with van der Waals surface area (Å²) in [6.07, 6.45) is 4.53. The molecule has 0 radical (unpaired) electrons. The summed E-state index contributed by atoms with van der Waals surface area (Å²) in [6.45, 7) is 0.895. The molecule has 0 amide bonds. The highest BCUT2D eigenvalue weighted by Crippen LogP contribution is 2.24. The third kappa shape index (κ3) is 2.58. The van der Waals surface area contributed by atoms with Gasteiger partial charge in [-0.15, -0.1) is 0 Å². The van der Waals surface area contributed by atoms with Gasteiger partial charge in [0.2, 0.25) is 0 Å². The molecule has 4 heteroatoms. The Balaban J connectivity index is 1.81. The number of nitrogens with zero attached hydrogens (tertiary/aromatic N) is 1. The lowest BCUT2D eigenvalue weighted by molar-refractivity contribution is 0.689. The molecule has 2 aromatic rings. The lowest BCUT2D eigenvalue weighted by Crippen LogP contribution is -2.15. The van der Waals surface area contributed by atoms with Crippen LogP contribution in [0.3, 0.4) is 0 Å². The van der Waals surface area contributed by atoms with E-state index in [1.54, 1.807) is 0 Å². The largest absolute Gasteiger partial charge is 0.310 e. The minimum atomic E-state index is 0.725. The van der Waals surface area contributed by atoms with Crippen molar-refractivity contribution in [2.75, 3.05) is 0 Å². The maximum atomic E-state index is 4.14. The Bertz CT molecular complexity index is 500. The van der Waals surface area contributed by atoms with Crippen molar-refractivity contribution >= 4 is 15.9 Å². The Kier molecular flexibility index (Phi) is 2.99. The molecule has 1 aliphatic rings. The van der Waals surface area contributed by atoms with E-state index in [1.807, 2.05) is 18.3 Å². The first-order valence-corrected chi connectivity index (χ1v) is 6.64. The normalized spacial score (nSPS) is 15.1. The van der Waals surface area contributed by atoms with Crippen LogP contribution in [0.4, 0.5) is 0 Å². The van der Waals surface area contributed by atoms with Crippen molar-refractivity contribution < 1.29 is 0 Å². The van der Waals surface area contributed by atoms with Gasteiger partial charge in [-0.1, -0.05) is 28.1 Å². The van der Waals surface area contributed by atoms with Crippen LogP contribution in [0, 0.1) is 0 Å². The molecule has 0 saturated heterocycles. The third-order valence-corrected chi connectivity index (χ3v) is 3.54. The van der Waals surface area contributed by atoms with Gasteiger partial charge < -0.3 is 5.32 Å². The van der Waals surface area contributed by atoms with E-state index in [0.29, 0.717) is 0 Å². The summed E-state index contributed by atoms with van der Waals surface area (Å²) in [6, 6.07) is 9.02. The SMILES string of the molecule is Brc1ccc(-c2[nH]ncc2CNC2CC2)cc1. The molecule has 88 valence electrons. The summed E-state index contributed by atoms with van der Waals surface area (Å²) in [7, 11) is 0. The zero-order valence-corrected chi connectivity index (χ0v) is 11.0. The molecule has 1 aromatic carbocycles. The van der Waals surface area contributed by atoms with E-state index < -0.39 is 0 Å². The zero-order valence-electron chi connectivity index (χ0n) is 9.41. The second-order valence-corrected chi connectivity index (χ2v) is 5.35. The van der Waals surface area contributed by atoms with Crippen LogP contribution in [-0.4, -0.2) is 16.2 Å². The second-order valence-electron chi connectivity index (χ2n) is 4.43. The number of hydrogen-bond acceptors (Lipinski definition) is 2. The summed E-state index contributed by atoms with van der Waals surface area (Å²) >= 11 is 3.45. The van der Waals surface area contributed by atoms with Crippen LogP contribution in [0.2, 0.25) is 0 Å². The summed E-state index contributed by atoms with van der Waals surface area (Å²) in [5, 5.41) is 10.7. The minimum Gasteiger partial charge on any atom is -0.310 e. The van der Waals surface area contributed by atoms with E-state index in [0.717, 1.165) is 22.8 Å². The molecule has 1 fully saturated rings. The van der Waals surface area contributed by atoms with Crippen LogP contribution < -0.4 is 5.32 Å². The molecule has 0 spiro atoms. The quantitative estimate of drug-likeness (QED) is 0.909. The van der Waals surface area contributed by atoms with Gasteiger partial charge in [-0.25, -0.2) is 0 Å². The molecule has 0 bridgehead atoms. The average Bonchev–Trinajstić information content (AvgIpc) is 3.06. The average molecular weight is 292 g/mol. The van der Waals surface area contributed by atoms with E-state index in [4.69, 9.17) is 0 Å². The number of halogens is 1. The maximum absolute atomic E-state index is 4.14. The van der Waals surface area contributed by atoms with Crippen LogP contribution in [0.15, 0.2) is 34.9 Å². The third-order valence-electron chi connectivity index (χ3n) is 3.01. The number of nitrogens with one attached hydrogen (secondary N) is 2. The van der Waals surface area contributed by atoms with Gasteiger partial charge in [0.05, 0.1) is 11.9 Å². The molecule has 0 unspecified atom stereocenters. The van der Waals surface area contributed by atoms with Crippen molar-refractivity contribution in [3.05, 3.63) is 40.5 Å². The molecule has 1 heterocycles. The smallest absolute Gasteiger partial charge is 0.0695 e. The van der Waals surface area contributed by atoms with Gasteiger partial charge in [0.25, 0.3) is 0 Å². The van der Waals surface area contributed by atoms with Crippen molar-refractivity contribution in [2.45, 2.75) is 25.4 Å². The molecule has 1 aromatic heterocycles. The lowest BCUT2D eigenvalue weighted by atomic mass is 10.1. The predicted molar refractivity (Wildman–Crippen MR) is 71.6 cm³/mol. The molecular formula is C13H14BrN3. The highest BCUT2D eigenvalue weighted by Gasteiger charge is 2.20. The van der Waals surface area contributed by atoms with Gasteiger partial charge in [-0.3, -0.25) is 5.10 Å². The van der Waals surface area contributed by atoms with Crippen molar-refractivity contribution in [2.24, 2.45) is 0 Å². The highest BCUT2D eigenvalue weighted by atomic mass is 79.9. The van der Waals surface area contributed by atoms with Gasteiger partial charge in [0.15, 0.2) is 0 Å². The van der Waals surface area contributed by atoms with Crippen molar-refractivity contribution in [3.63, 3.8) is 0 Å². The molecule has 17 heavy (non-hydrogen) atoms. The van der Waals surface area contributed by atoms with Crippen LogP contribution in [0.25, 0.3) is 11.3 Å². The molecular weight excluding hydrogens is 278 g/mol. The Morgan fingerprint density at radius 2 is 2.06 bits per heavy atom. The zero-order chi connectivity index (χ0) is 11.7. The summed E-state index contributed by atoms with van der Waals surface area (Å²) < 4.78 is 1.10. The van der Waals surface area contributed by atoms with Gasteiger partial charge >= 0.3 is 0 Å². The monoisotopic (exact) mass is 291 g/mol. The molecule has 0 atom stereocenters. The minimum absolute atomic E-state index is 0.725. The first kappa shape index (κ1) is 11.0. The number of hydrogen-bond donors (Lipinski definition) is 2. The van der Waals surface area contributed by atoms with Crippen molar-refractivity contribution in [1.29, 1.82) is 0 Å². The Hall–Kier alpha value is -1.13. The van der Waals surface area contributed by atoms with Crippen LogP contribution in [0.5, 0.6) is 0 Å². The molecule has 1 aliphatic carbocycles. The van der Waals surface area contributed by atoms with Crippen molar-refractivity contribution in [1.82, 2.24) is 15.5 Å². The highest BCUT2D eigenvalue weighted by molar-refractivity contribution is 9.10. The molecule has 0 aliphatic heterocycles. The van der Waals surface area contributed by atoms with Crippen molar-refractivity contribution in [3.8, 4) is 11.3 Å². The van der Waals surface area contributed by atoms with Gasteiger partial charge in [0, 0.05) is 22.6 Å². The van der Waals surface area contributed by atoms with E-state index in [9.17, 15) is 0 Å². The summed E-state index contributed by atoms with van der Waals surface area (Å²) in [4.78, 5) is 0. The Morgan fingerprint density at radius 1 is 1.29 bits per heavy atom. The molecule has 1 saturated carbocycles. The fraction of sp³-hybridized carbons (Fsp3) is 0.308. The fourth-order valence-corrected chi connectivity index (χ4v) is 2.12. The number of aromatic amines is 1. The predicted octanol–water partition coefficient (Wildman–Crippen LogP) is 3.09. The topological polar surface area (TPSA) is 40.7 Å². The lowest BCUT2D eigenvalue weighted by Gasteiger charge is -2.04. The summed E-state index contributed by atoms with van der Waals surface area (Å²) in [5.41, 5.74) is 3.53. The summed E-state index contributed by atoms with van der Waals surface area (Å²) in [5.74, 6) is 0. The first-order valence-electron chi connectivity index (χ1n) is 5.84. The Labute approximate surface area is 109 Å². The molecule has 3 rings (SSSR count). The van der Waals surface area contributed by atoms with E-state index >= 15 is 0 Å². The second kappa shape index (κ2) is 4.63. The first-order chi connectivity index (χ1) is 8.33. The number of rotatable bonds is 4. The van der Waals surface area contributed by atoms with Gasteiger partial charge in [-0.2, -0.15) is 5.10 Å². The fourth-order valence-electron chi connectivity index (χ4n) is 1.85. The standard InChI is InChI=1S/C13H14BrN3/c14-11-3-1-9(2-4-11)13-10(8-16-17-13)7-15-12-5-6-12/h1-4,8,12,15H,5-7H2,(H,16,17). The van der Waals surface area contributed by atoms with E-state index in [-0.39, 0.29) is 0 Å². The van der Waals surface area contributed by atoms with Crippen LogP contribution in [0.1, 0.15) is 18.4 Å². The number of benzene rings is 1. The number of aromatic nitrogens is 2. The van der Waals surface area contributed by atoms with Gasteiger partial charge in [0.1, 0.15) is 0 Å². The maximum Gasteiger partial charge on any atom is 0.0695 e. The number of H-pyrrole nitrogens is 1. The van der Waals surface area contributed by atoms with Crippen LogP contribution in [-0.2, 0) is 6.54 Å².